The molecule has 0 saturated carbocycles. The van der Waals surface area contributed by atoms with Gasteiger partial charge in [-0.05, 0) is 31.3 Å². The Bertz CT molecular complexity index is 350. The highest BCUT2D eigenvalue weighted by atomic mass is 35.5. The Hall–Kier alpha value is -0.830. The van der Waals surface area contributed by atoms with Crippen molar-refractivity contribution in [2.75, 3.05) is 27.2 Å². The molecule has 0 saturated heterocycles. The van der Waals surface area contributed by atoms with Crippen LogP contribution in [0, 0.1) is 0 Å². The SMILES string of the molecule is C=C(CNC)CN(C)Cc1ccccc1Cl. The number of nitrogens with one attached hydrogen (secondary N) is 1. The van der Waals surface area contributed by atoms with Gasteiger partial charge in [0.1, 0.15) is 0 Å². The van der Waals surface area contributed by atoms with Crippen molar-refractivity contribution in [3.05, 3.63) is 47.0 Å². The lowest BCUT2D eigenvalue weighted by Crippen LogP contribution is -2.24. The van der Waals surface area contributed by atoms with Gasteiger partial charge in [0.25, 0.3) is 0 Å². The van der Waals surface area contributed by atoms with Crippen molar-refractivity contribution in [2.45, 2.75) is 6.54 Å². The van der Waals surface area contributed by atoms with Crippen molar-refractivity contribution in [3.8, 4) is 0 Å². The van der Waals surface area contributed by atoms with Crippen molar-refractivity contribution < 1.29 is 0 Å². The van der Waals surface area contributed by atoms with Gasteiger partial charge in [0, 0.05) is 24.7 Å². The quantitative estimate of drug-likeness (QED) is 0.767. The van der Waals surface area contributed by atoms with Crippen LogP contribution in [0.3, 0.4) is 0 Å². The van der Waals surface area contributed by atoms with Crippen molar-refractivity contribution in [2.24, 2.45) is 0 Å². The Kier molecular flexibility index (Phi) is 5.53. The topological polar surface area (TPSA) is 15.3 Å². The van der Waals surface area contributed by atoms with E-state index in [0.717, 1.165) is 30.2 Å². The van der Waals surface area contributed by atoms with E-state index in [1.807, 2.05) is 25.2 Å². The summed E-state index contributed by atoms with van der Waals surface area (Å²) in [6.45, 7) is 6.60. The number of benzene rings is 1. The van der Waals surface area contributed by atoms with Crippen molar-refractivity contribution in [3.63, 3.8) is 0 Å². The molecule has 0 spiro atoms. The first kappa shape index (κ1) is 13.2. The third-order valence-electron chi connectivity index (χ3n) is 2.32. The molecule has 0 aromatic heterocycles. The number of hydrogen-bond acceptors (Lipinski definition) is 2. The summed E-state index contributed by atoms with van der Waals surface area (Å²) in [7, 11) is 4.00. The first-order valence-corrected chi connectivity index (χ1v) is 5.74. The lowest BCUT2D eigenvalue weighted by Gasteiger charge is -2.18. The fourth-order valence-electron chi connectivity index (χ4n) is 1.66. The number of likely N-dealkylation sites (N-methyl/N-ethyl adjacent to an activating group) is 2. The molecule has 1 aromatic carbocycles. The van der Waals surface area contributed by atoms with Gasteiger partial charge in [-0.1, -0.05) is 36.4 Å². The predicted molar refractivity (Wildman–Crippen MR) is 70.9 cm³/mol. The molecule has 1 N–H and O–H groups in total. The monoisotopic (exact) mass is 238 g/mol. The van der Waals surface area contributed by atoms with Crippen LogP contribution in [0.1, 0.15) is 5.56 Å². The maximum atomic E-state index is 6.10. The van der Waals surface area contributed by atoms with Gasteiger partial charge in [0.2, 0.25) is 0 Å². The van der Waals surface area contributed by atoms with Crippen LogP contribution in [0.4, 0.5) is 0 Å². The Balaban J connectivity index is 2.48. The Morgan fingerprint density at radius 3 is 2.75 bits per heavy atom. The maximum absolute atomic E-state index is 6.10. The summed E-state index contributed by atoms with van der Waals surface area (Å²) in [4.78, 5) is 2.21. The third kappa shape index (κ3) is 4.35. The molecule has 0 fully saturated rings. The molecule has 1 aromatic rings. The highest BCUT2D eigenvalue weighted by molar-refractivity contribution is 6.31. The van der Waals surface area contributed by atoms with E-state index in [9.17, 15) is 0 Å². The van der Waals surface area contributed by atoms with Gasteiger partial charge in [-0.2, -0.15) is 0 Å². The molecule has 0 bridgehead atoms. The Labute approximate surface area is 103 Å². The summed E-state index contributed by atoms with van der Waals surface area (Å²) in [6, 6.07) is 7.94. The zero-order valence-corrected chi connectivity index (χ0v) is 10.7. The molecule has 0 heterocycles. The molecular formula is C13H19ClN2. The summed E-state index contributed by atoms with van der Waals surface area (Å²) >= 11 is 6.10. The van der Waals surface area contributed by atoms with Crippen LogP contribution >= 0.6 is 11.6 Å². The van der Waals surface area contributed by atoms with Gasteiger partial charge >= 0.3 is 0 Å². The second-order valence-corrected chi connectivity index (χ2v) is 4.45. The van der Waals surface area contributed by atoms with E-state index in [0.29, 0.717) is 0 Å². The fourth-order valence-corrected chi connectivity index (χ4v) is 1.86. The van der Waals surface area contributed by atoms with E-state index < -0.39 is 0 Å². The van der Waals surface area contributed by atoms with Crippen molar-refractivity contribution >= 4 is 11.6 Å². The average molecular weight is 239 g/mol. The summed E-state index contributed by atoms with van der Waals surface area (Å²) < 4.78 is 0. The minimum atomic E-state index is 0.827. The molecule has 0 aliphatic rings. The minimum Gasteiger partial charge on any atom is -0.316 e. The van der Waals surface area contributed by atoms with Crippen LogP contribution in [0.5, 0.6) is 0 Å². The van der Waals surface area contributed by atoms with E-state index in [4.69, 9.17) is 11.6 Å². The highest BCUT2D eigenvalue weighted by Crippen LogP contribution is 2.16. The summed E-state index contributed by atoms with van der Waals surface area (Å²) in [5.74, 6) is 0. The molecule has 0 unspecified atom stereocenters. The molecular weight excluding hydrogens is 220 g/mol. The number of rotatable bonds is 6. The first-order valence-electron chi connectivity index (χ1n) is 5.36. The second-order valence-electron chi connectivity index (χ2n) is 4.04. The highest BCUT2D eigenvalue weighted by Gasteiger charge is 2.04. The maximum Gasteiger partial charge on any atom is 0.0451 e. The van der Waals surface area contributed by atoms with Gasteiger partial charge in [0.15, 0.2) is 0 Å². The lowest BCUT2D eigenvalue weighted by molar-refractivity contribution is 0.353. The summed E-state index contributed by atoms with van der Waals surface area (Å²) in [5.41, 5.74) is 2.33. The number of nitrogens with zero attached hydrogens (tertiary/aromatic N) is 1. The van der Waals surface area contributed by atoms with E-state index in [1.165, 1.54) is 5.57 Å². The van der Waals surface area contributed by atoms with Crippen molar-refractivity contribution in [1.29, 1.82) is 0 Å². The van der Waals surface area contributed by atoms with Gasteiger partial charge in [-0.3, -0.25) is 4.90 Å². The first-order chi connectivity index (χ1) is 7.63. The molecule has 0 aliphatic heterocycles. The molecule has 0 amide bonds. The average Bonchev–Trinajstić information content (AvgIpc) is 2.21. The largest absolute Gasteiger partial charge is 0.316 e. The Morgan fingerprint density at radius 2 is 2.12 bits per heavy atom. The van der Waals surface area contributed by atoms with Crippen LogP contribution in [-0.4, -0.2) is 32.1 Å². The predicted octanol–water partition coefficient (Wildman–Crippen LogP) is 2.55. The molecule has 2 nitrogen and oxygen atoms in total. The van der Waals surface area contributed by atoms with Gasteiger partial charge in [-0.25, -0.2) is 0 Å². The van der Waals surface area contributed by atoms with E-state index in [2.05, 4.69) is 29.9 Å². The molecule has 3 heteroatoms. The summed E-state index contributed by atoms with van der Waals surface area (Å²) in [5, 5.41) is 3.92. The lowest BCUT2D eigenvalue weighted by atomic mass is 10.2. The van der Waals surface area contributed by atoms with E-state index in [1.54, 1.807) is 0 Å². The molecule has 0 aliphatic carbocycles. The smallest absolute Gasteiger partial charge is 0.0451 e. The van der Waals surface area contributed by atoms with Gasteiger partial charge in [0.05, 0.1) is 0 Å². The zero-order valence-electron chi connectivity index (χ0n) is 9.96. The number of hydrogen-bond donors (Lipinski definition) is 1. The standard InChI is InChI=1S/C13H19ClN2/c1-11(8-15-2)9-16(3)10-12-6-4-5-7-13(12)14/h4-7,15H,1,8-10H2,2-3H3. The van der Waals surface area contributed by atoms with Gasteiger partial charge < -0.3 is 5.32 Å². The fraction of sp³-hybridized carbons (Fsp3) is 0.385. The molecule has 0 radical (unpaired) electrons. The molecule has 1 rings (SSSR count). The minimum absolute atomic E-state index is 0.827. The van der Waals surface area contributed by atoms with Crippen LogP contribution < -0.4 is 5.32 Å². The molecule has 88 valence electrons. The Morgan fingerprint density at radius 1 is 1.44 bits per heavy atom. The third-order valence-corrected chi connectivity index (χ3v) is 2.69. The second kappa shape index (κ2) is 6.69. The van der Waals surface area contributed by atoms with Crippen LogP contribution in [-0.2, 0) is 6.54 Å². The number of halogens is 1. The molecule has 0 atom stereocenters. The van der Waals surface area contributed by atoms with Crippen LogP contribution in [0.15, 0.2) is 36.4 Å². The molecule has 16 heavy (non-hydrogen) atoms. The van der Waals surface area contributed by atoms with Crippen LogP contribution in [0.25, 0.3) is 0 Å². The van der Waals surface area contributed by atoms with Gasteiger partial charge in [-0.15, -0.1) is 0 Å². The van der Waals surface area contributed by atoms with E-state index >= 15 is 0 Å². The van der Waals surface area contributed by atoms with E-state index in [-0.39, 0.29) is 0 Å². The van der Waals surface area contributed by atoms with Crippen LogP contribution in [0.2, 0.25) is 5.02 Å². The zero-order chi connectivity index (χ0) is 12.0. The van der Waals surface area contributed by atoms with Crippen molar-refractivity contribution in [1.82, 2.24) is 10.2 Å². The summed E-state index contributed by atoms with van der Waals surface area (Å²) in [6.07, 6.45) is 0. The normalized spacial score (nSPS) is 10.8.